The molecule has 214 valence electrons. The number of thioether (sulfide) groups is 1. The summed E-state index contributed by atoms with van der Waals surface area (Å²) in [6, 6.07) is 3.04. The summed E-state index contributed by atoms with van der Waals surface area (Å²) in [5.41, 5.74) is 7.86. The standard InChI is InChI=1S/C24H19N9O4S5/c1-37-30-15(18-29-24(25)42-31-18)19(34)28-16-21(35)33-17(23(36)38)12(9-41-22(16)33)20-27-13(10-40-20)11-2-5-32(6-3-11)8-14-26-4-7-39-14/h2-7,10,16,22H,8-9H2,1H3,(H3-,25,28,29,31,34,36,38)/p+1/b30-15-/t16-,22-/m1/s1. The number of thiol groups is 1. The van der Waals surface area contributed by atoms with Crippen LogP contribution in [0.15, 0.2) is 52.3 Å². The van der Waals surface area contributed by atoms with Gasteiger partial charge in [0.05, 0.1) is 5.69 Å². The van der Waals surface area contributed by atoms with E-state index in [-0.39, 0.29) is 22.4 Å². The van der Waals surface area contributed by atoms with Crippen LogP contribution in [0.2, 0.25) is 0 Å². The first-order chi connectivity index (χ1) is 20.3. The third-order valence-corrected chi connectivity index (χ3v) is 9.96. The van der Waals surface area contributed by atoms with Gasteiger partial charge in [0, 0.05) is 57.5 Å². The highest BCUT2D eigenvalue weighted by Gasteiger charge is 2.54. The first-order valence-corrected chi connectivity index (χ1v) is 16.1. The molecule has 6 heterocycles. The van der Waals surface area contributed by atoms with Crippen molar-refractivity contribution in [2.24, 2.45) is 5.16 Å². The Labute approximate surface area is 260 Å². The van der Waals surface area contributed by atoms with Crippen LogP contribution in [-0.4, -0.2) is 71.1 Å². The van der Waals surface area contributed by atoms with Crippen LogP contribution in [0.3, 0.4) is 0 Å². The van der Waals surface area contributed by atoms with E-state index in [1.807, 2.05) is 39.9 Å². The summed E-state index contributed by atoms with van der Waals surface area (Å²) in [4.78, 5) is 58.1. The Kier molecular flexibility index (Phi) is 8.04. The van der Waals surface area contributed by atoms with Gasteiger partial charge >= 0.3 is 0 Å². The lowest BCUT2D eigenvalue weighted by Gasteiger charge is -2.49. The number of nitrogen functional groups attached to an aromatic ring is 1. The second kappa shape index (κ2) is 11.9. The normalized spacial score (nSPS) is 18.5. The summed E-state index contributed by atoms with van der Waals surface area (Å²) in [6.45, 7) is 0.682. The van der Waals surface area contributed by atoms with Crippen LogP contribution >= 0.6 is 58.6 Å². The van der Waals surface area contributed by atoms with E-state index in [1.165, 1.54) is 35.1 Å². The molecule has 0 spiro atoms. The molecule has 3 N–H and O–H groups in total. The van der Waals surface area contributed by atoms with Gasteiger partial charge in [0.15, 0.2) is 29.1 Å². The molecule has 0 unspecified atom stereocenters. The van der Waals surface area contributed by atoms with Gasteiger partial charge in [-0.05, 0) is 0 Å². The smallest absolute Gasteiger partial charge is 0.278 e. The lowest BCUT2D eigenvalue weighted by molar-refractivity contribution is -0.688. The molecule has 18 heteroatoms. The van der Waals surface area contributed by atoms with Crippen LogP contribution in [-0.2, 0) is 25.8 Å². The number of hydrogen-bond donors (Lipinski definition) is 3. The molecule has 42 heavy (non-hydrogen) atoms. The highest BCUT2D eigenvalue weighted by molar-refractivity contribution is 8.00. The molecule has 2 amide bonds. The van der Waals surface area contributed by atoms with Crippen molar-refractivity contribution in [3.63, 3.8) is 0 Å². The van der Waals surface area contributed by atoms with Crippen molar-refractivity contribution in [3.8, 4) is 11.3 Å². The fraction of sp³-hybridized carbons (Fsp3) is 0.208. The number of rotatable bonds is 9. The molecule has 0 radical (unpaired) electrons. The van der Waals surface area contributed by atoms with E-state index in [2.05, 4.69) is 37.4 Å². The lowest BCUT2D eigenvalue weighted by Crippen LogP contribution is -2.70. The number of nitrogens with two attached hydrogens (primary N) is 1. The van der Waals surface area contributed by atoms with Crippen LogP contribution in [0, 0.1) is 0 Å². The summed E-state index contributed by atoms with van der Waals surface area (Å²) >= 11 is 9.37. The number of anilines is 1. The summed E-state index contributed by atoms with van der Waals surface area (Å²) in [6.07, 6.45) is 5.72. The minimum absolute atomic E-state index is 0.0162. The molecule has 6 rings (SSSR count). The van der Waals surface area contributed by atoms with Crippen molar-refractivity contribution >= 4 is 91.9 Å². The number of fused-ring (bicyclic) bond motifs is 1. The summed E-state index contributed by atoms with van der Waals surface area (Å²) in [5, 5.41) is 10.9. The monoisotopic (exact) mass is 658 g/mol. The summed E-state index contributed by atoms with van der Waals surface area (Å²) in [7, 11) is 1.27. The molecule has 1 saturated heterocycles. The fourth-order valence-corrected chi connectivity index (χ4v) is 7.98. The summed E-state index contributed by atoms with van der Waals surface area (Å²) < 4.78 is 6.02. The van der Waals surface area contributed by atoms with E-state index >= 15 is 0 Å². The zero-order chi connectivity index (χ0) is 29.4. The minimum Gasteiger partial charge on any atom is -0.398 e. The van der Waals surface area contributed by atoms with Gasteiger partial charge in [0.25, 0.3) is 11.8 Å². The maximum Gasteiger partial charge on any atom is 0.278 e. The first-order valence-electron chi connectivity index (χ1n) is 12.1. The van der Waals surface area contributed by atoms with Crippen molar-refractivity contribution in [2.45, 2.75) is 18.0 Å². The number of pyridine rings is 1. The fourth-order valence-electron chi connectivity index (χ4n) is 4.36. The van der Waals surface area contributed by atoms with Gasteiger partial charge in [-0.2, -0.15) is 13.9 Å². The maximum atomic E-state index is 13.3. The second-order valence-corrected chi connectivity index (χ2v) is 12.9. The molecule has 2 aliphatic heterocycles. The largest absolute Gasteiger partial charge is 0.398 e. The number of carbonyl (C=O) groups excluding carboxylic acids is 3. The predicted octanol–water partition coefficient (Wildman–Crippen LogP) is 1.65. The Balaban J connectivity index is 1.20. The Bertz CT molecular complexity index is 1730. The van der Waals surface area contributed by atoms with Crippen molar-refractivity contribution in [1.82, 2.24) is 29.5 Å². The number of nitrogens with one attached hydrogen (secondary N) is 1. The van der Waals surface area contributed by atoms with Crippen molar-refractivity contribution < 1.29 is 23.8 Å². The van der Waals surface area contributed by atoms with Gasteiger partial charge < -0.3 is 15.9 Å². The SMILES string of the molecule is CO/N=C(\C(=O)N[C@@H]1C(=O)N2C(C(=O)S)=C(c3nc(-c4cc[n+](Cc5nccs5)cc4)cs3)CS[C@H]12)c1nsc(N)n1. The van der Waals surface area contributed by atoms with E-state index in [0.29, 0.717) is 22.9 Å². The Morgan fingerprint density at radius 2 is 2.10 bits per heavy atom. The molecule has 2 atom stereocenters. The number of amides is 2. The van der Waals surface area contributed by atoms with Crippen molar-refractivity contribution in [1.29, 1.82) is 0 Å². The number of thiazole rings is 2. The predicted molar refractivity (Wildman–Crippen MR) is 163 cm³/mol. The molecular formula is C24H20N9O4S5+. The van der Waals surface area contributed by atoms with Gasteiger partial charge in [-0.3, -0.25) is 19.3 Å². The van der Waals surface area contributed by atoms with E-state index in [4.69, 9.17) is 15.6 Å². The van der Waals surface area contributed by atoms with Crippen molar-refractivity contribution in [3.05, 3.63) is 63.0 Å². The quantitative estimate of drug-likeness (QED) is 0.0791. The molecular weight excluding hydrogens is 639 g/mol. The van der Waals surface area contributed by atoms with Crippen LogP contribution in [0.25, 0.3) is 16.8 Å². The number of oxime groups is 1. The van der Waals surface area contributed by atoms with Gasteiger partial charge in [0.2, 0.25) is 16.7 Å². The number of carbonyl (C=O) groups is 3. The topological polar surface area (TPSA) is 170 Å². The molecule has 4 aromatic rings. The molecule has 0 aromatic carbocycles. The lowest BCUT2D eigenvalue weighted by atomic mass is 10.0. The second-order valence-electron chi connectivity index (χ2n) is 8.79. The zero-order valence-electron chi connectivity index (χ0n) is 21.5. The third kappa shape index (κ3) is 5.42. The highest BCUT2D eigenvalue weighted by atomic mass is 32.2. The third-order valence-electron chi connectivity index (χ3n) is 6.26. The summed E-state index contributed by atoms with van der Waals surface area (Å²) in [5.74, 6) is -0.788. The van der Waals surface area contributed by atoms with E-state index in [0.717, 1.165) is 27.8 Å². The van der Waals surface area contributed by atoms with Crippen LogP contribution in [0.4, 0.5) is 5.13 Å². The molecule has 0 saturated carbocycles. The number of aromatic nitrogens is 5. The minimum atomic E-state index is -0.906. The highest BCUT2D eigenvalue weighted by Crippen LogP contribution is 2.44. The molecule has 4 aromatic heterocycles. The zero-order valence-corrected chi connectivity index (χ0v) is 25.7. The van der Waals surface area contributed by atoms with Gasteiger partial charge in [0.1, 0.15) is 29.2 Å². The molecule has 2 aliphatic rings. The van der Waals surface area contributed by atoms with E-state index in [9.17, 15) is 14.4 Å². The average Bonchev–Trinajstić information content (AvgIpc) is 3.77. The van der Waals surface area contributed by atoms with Gasteiger partial charge in [-0.1, -0.05) is 17.8 Å². The molecule has 0 bridgehead atoms. The van der Waals surface area contributed by atoms with Crippen LogP contribution in [0.5, 0.6) is 0 Å². The molecule has 1 fully saturated rings. The number of hydrogen-bond acceptors (Lipinski definition) is 14. The van der Waals surface area contributed by atoms with E-state index < -0.39 is 28.3 Å². The Morgan fingerprint density at radius 1 is 1.29 bits per heavy atom. The van der Waals surface area contributed by atoms with Crippen LogP contribution < -0.4 is 15.6 Å². The molecule has 0 aliphatic carbocycles. The maximum absolute atomic E-state index is 13.3. The average molecular weight is 659 g/mol. The van der Waals surface area contributed by atoms with Gasteiger partial charge in [-0.25, -0.2) is 9.97 Å². The Morgan fingerprint density at radius 3 is 2.76 bits per heavy atom. The van der Waals surface area contributed by atoms with E-state index in [1.54, 1.807) is 17.5 Å². The number of β-lactam (4-membered cyclic amide) rings is 1. The first kappa shape index (κ1) is 28.4. The number of nitrogens with zero attached hydrogens (tertiary/aromatic N) is 7. The molecule has 13 nitrogen and oxygen atoms in total. The van der Waals surface area contributed by atoms with Crippen LogP contribution in [0.1, 0.15) is 15.8 Å². The van der Waals surface area contributed by atoms with Crippen molar-refractivity contribution in [2.75, 3.05) is 18.6 Å². The Hall–Kier alpha value is -3.71. The van der Waals surface area contributed by atoms with Gasteiger partial charge in [-0.15, -0.1) is 34.4 Å².